The number of nitrogens with one attached hydrogen (secondary N) is 2. The predicted octanol–water partition coefficient (Wildman–Crippen LogP) is 8.41. The molecule has 264 valence electrons. The molecule has 2 N–H and O–H groups in total. The molecule has 2 heterocycles. The zero-order valence-corrected chi connectivity index (χ0v) is 30.4. The van der Waals surface area contributed by atoms with Gasteiger partial charge in [0.15, 0.2) is 11.2 Å². The maximum absolute atomic E-state index is 13.9. The Morgan fingerprint density at radius 1 is 0.939 bits per heavy atom. The maximum atomic E-state index is 13.9. The van der Waals surface area contributed by atoms with Gasteiger partial charge in [-0.1, -0.05) is 61.9 Å². The topological polar surface area (TPSA) is 91.7 Å². The number of likely N-dealkylation sites (tertiary alicyclic amines) is 1. The Bertz CT molecular complexity index is 1660. The average Bonchev–Trinajstić information content (AvgIpc) is 3.63. The van der Waals surface area contributed by atoms with E-state index < -0.39 is 0 Å². The second kappa shape index (κ2) is 15.4. The normalized spacial score (nSPS) is 19.9. The summed E-state index contributed by atoms with van der Waals surface area (Å²) in [5.41, 5.74) is 1.94. The molecule has 0 unspecified atom stereocenters. The van der Waals surface area contributed by atoms with Crippen molar-refractivity contribution in [1.82, 2.24) is 15.5 Å². The maximum Gasteiger partial charge on any atom is 0.287 e. The number of piperidine rings is 1. The van der Waals surface area contributed by atoms with Crippen LogP contribution in [0.4, 0.5) is 0 Å². The largest absolute Gasteiger partial charge is 0.451 e. The van der Waals surface area contributed by atoms with Crippen molar-refractivity contribution in [3.05, 3.63) is 80.7 Å². The lowest BCUT2D eigenvalue weighted by Gasteiger charge is -2.47. The molecular weight excluding hydrogens is 634 g/mol. The summed E-state index contributed by atoms with van der Waals surface area (Å²) in [5, 5.41) is 7.75. The molecule has 8 heteroatoms. The van der Waals surface area contributed by atoms with Crippen molar-refractivity contribution in [2.45, 2.75) is 122 Å². The minimum atomic E-state index is -0.383. The van der Waals surface area contributed by atoms with Crippen LogP contribution < -0.4 is 16.1 Å². The van der Waals surface area contributed by atoms with Gasteiger partial charge in [-0.2, -0.15) is 0 Å². The van der Waals surface area contributed by atoms with Crippen molar-refractivity contribution in [2.75, 3.05) is 19.6 Å². The van der Waals surface area contributed by atoms with Gasteiger partial charge in [-0.05, 0) is 132 Å². The van der Waals surface area contributed by atoms with E-state index in [1.54, 1.807) is 0 Å². The van der Waals surface area contributed by atoms with Crippen LogP contribution in [0.2, 0.25) is 5.02 Å². The number of benzene rings is 2. The SMILES string of the molecule is CC(C)(C)NC(=O)C1(C2CCCCC2)CCN(CC[C@H](Cc2ccc(Cl)cc2)NC(=O)c2cc(=O)c3cc(C4CCCC4)ccc3o2)CC1. The van der Waals surface area contributed by atoms with Crippen molar-refractivity contribution in [3.8, 4) is 0 Å². The van der Waals surface area contributed by atoms with E-state index in [1.807, 2.05) is 42.5 Å². The summed E-state index contributed by atoms with van der Waals surface area (Å²) in [5.74, 6) is 0.809. The van der Waals surface area contributed by atoms with Gasteiger partial charge in [0, 0.05) is 29.2 Å². The van der Waals surface area contributed by atoms with Crippen molar-refractivity contribution in [2.24, 2.45) is 11.3 Å². The lowest BCUT2D eigenvalue weighted by atomic mass is 9.63. The summed E-state index contributed by atoms with van der Waals surface area (Å²) in [6, 6.07) is 14.7. The third-order valence-corrected chi connectivity index (χ3v) is 11.7. The van der Waals surface area contributed by atoms with E-state index in [-0.39, 0.29) is 40.0 Å². The van der Waals surface area contributed by atoms with Gasteiger partial charge in [0.1, 0.15) is 5.58 Å². The fraction of sp³-hybridized carbons (Fsp3) is 0.585. The number of carbonyl (C=O) groups is 2. The summed E-state index contributed by atoms with van der Waals surface area (Å²) >= 11 is 6.17. The molecule has 2 aromatic carbocycles. The van der Waals surface area contributed by atoms with Crippen LogP contribution in [0.25, 0.3) is 11.0 Å². The molecular formula is C41H54ClN3O4. The molecule has 1 saturated heterocycles. The molecule has 2 aliphatic carbocycles. The number of fused-ring (bicyclic) bond motifs is 1. The molecule has 1 atom stereocenters. The molecule has 2 amide bonds. The molecule has 49 heavy (non-hydrogen) atoms. The Balaban J connectivity index is 1.14. The van der Waals surface area contributed by atoms with Gasteiger partial charge in [0.05, 0.1) is 10.8 Å². The Kier molecular flexibility index (Phi) is 11.2. The summed E-state index contributed by atoms with van der Waals surface area (Å²) in [6.45, 7) is 8.72. The molecule has 0 bridgehead atoms. The van der Waals surface area contributed by atoms with Crippen LogP contribution in [0.3, 0.4) is 0 Å². The molecule has 6 rings (SSSR count). The molecule has 3 aromatic rings. The number of halogens is 1. The number of carbonyl (C=O) groups excluding carboxylic acids is 2. The van der Waals surface area contributed by atoms with Gasteiger partial charge in [-0.25, -0.2) is 0 Å². The highest BCUT2D eigenvalue weighted by Gasteiger charge is 2.48. The molecule has 2 saturated carbocycles. The van der Waals surface area contributed by atoms with E-state index in [2.05, 4.69) is 36.3 Å². The van der Waals surface area contributed by atoms with Gasteiger partial charge < -0.3 is 20.0 Å². The lowest BCUT2D eigenvalue weighted by Crippen LogP contribution is -2.56. The summed E-state index contributed by atoms with van der Waals surface area (Å²) in [6.07, 6.45) is 13.8. The van der Waals surface area contributed by atoms with E-state index in [1.165, 1.54) is 43.7 Å². The molecule has 7 nitrogen and oxygen atoms in total. The van der Waals surface area contributed by atoms with Gasteiger partial charge in [0.25, 0.3) is 5.91 Å². The minimum absolute atomic E-state index is 0.0346. The molecule has 0 radical (unpaired) electrons. The standard InChI is InChI=1S/C41H54ClN3O4/c1-40(2,3)44-39(48)41(31-11-5-4-6-12-31)20-23-45(24-21-41)22-19-33(25-28-13-16-32(42)17-14-28)43-38(47)37-27-35(46)34-26-30(15-18-36(34)49-37)29-9-7-8-10-29/h13-18,26-27,29,31,33H,4-12,19-25H2,1-3H3,(H,43,47)(H,44,48)/t33-/m1/s1. The van der Waals surface area contributed by atoms with Crippen molar-refractivity contribution in [3.63, 3.8) is 0 Å². The van der Waals surface area contributed by atoms with E-state index in [4.69, 9.17) is 16.0 Å². The molecule has 1 aliphatic heterocycles. The second-order valence-electron chi connectivity index (χ2n) is 16.0. The highest BCUT2D eigenvalue weighted by atomic mass is 35.5. The van der Waals surface area contributed by atoms with Crippen LogP contribution in [0.15, 0.2) is 57.7 Å². The lowest BCUT2D eigenvalue weighted by molar-refractivity contribution is -0.141. The van der Waals surface area contributed by atoms with Crippen LogP contribution in [-0.2, 0) is 11.2 Å². The Hall–Kier alpha value is -3.16. The van der Waals surface area contributed by atoms with Crippen LogP contribution in [0.5, 0.6) is 0 Å². The van der Waals surface area contributed by atoms with E-state index in [0.717, 1.165) is 70.1 Å². The monoisotopic (exact) mass is 687 g/mol. The highest BCUT2D eigenvalue weighted by molar-refractivity contribution is 6.30. The third kappa shape index (κ3) is 8.78. The molecule has 0 spiro atoms. The zero-order valence-electron chi connectivity index (χ0n) is 29.6. The predicted molar refractivity (Wildman–Crippen MR) is 197 cm³/mol. The molecule has 1 aromatic heterocycles. The third-order valence-electron chi connectivity index (χ3n) is 11.4. The Morgan fingerprint density at radius 3 is 2.29 bits per heavy atom. The zero-order chi connectivity index (χ0) is 34.6. The van der Waals surface area contributed by atoms with Crippen LogP contribution in [0, 0.1) is 11.3 Å². The Labute approximate surface area is 296 Å². The molecule has 3 fully saturated rings. The first kappa shape index (κ1) is 35.7. The first-order valence-electron chi connectivity index (χ1n) is 18.7. The average molecular weight is 688 g/mol. The number of hydrogen-bond acceptors (Lipinski definition) is 5. The summed E-state index contributed by atoms with van der Waals surface area (Å²) < 4.78 is 6.04. The summed E-state index contributed by atoms with van der Waals surface area (Å²) in [7, 11) is 0. The smallest absolute Gasteiger partial charge is 0.287 e. The van der Waals surface area contributed by atoms with Crippen LogP contribution in [0.1, 0.15) is 125 Å². The summed E-state index contributed by atoms with van der Waals surface area (Å²) in [4.78, 5) is 43.2. The fourth-order valence-corrected chi connectivity index (χ4v) is 8.77. The number of hydrogen-bond donors (Lipinski definition) is 2. The second-order valence-corrected chi connectivity index (χ2v) is 16.5. The van der Waals surface area contributed by atoms with Gasteiger partial charge in [0.2, 0.25) is 5.91 Å². The number of rotatable bonds is 10. The minimum Gasteiger partial charge on any atom is -0.451 e. The van der Waals surface area contributed by atoms with E-state index >= 15 is 0 Å². The Morgan fingerprint density at radius 2 is 1.61 bits per heavy atom. The van der Waals surface area contributed by atoms with Crippen molar-refractivity contribution in [1.29, 1.82) is 0 Å². The van der Waals surface area contributed by atoms with Gasteiger partial charge >= 0.3 is 0 Å². The van der Waals surface area contributed by atoms with Crippen molar-refractivity contribution >= 4 is 34.4 Å². The number of amides is 2. The molecule has 3 aliphatic rings. The number of nitrogens with zero attached hydrogens (tertiary/aromatic N) is 1. The quantitative estimate of drug-likeness (QED) is 0.223. The first-order chi connectivity index (χ1) is 23.5. The van der Waals surface area contributed by atoms with Crippen LogP contribution >= 0.6 is 11.6 Å². The first-order valence-corrected chi connectivity index (χ1v) is 19.0. The highest BCUT2D eigenvalue weighted by Crippen LogP contribution is 2.46. The van der Waals surface area contributed by atoms with E-state index in [0.29, 0.717) is 34.2 Å². The van der Waals surface area contributed by atoms with E-state index in [9.17, 15) is 14.4 Å². The van der Waals surface area contributed by atoms with Crippen LogP contribution in [-0.4, -0.2) is 47.9 Å². The van der Waals surface area contributed by atoms with Gasteiger partial charge in [-0.3, -0.25) is 14.4 Å². The fourth-order valence-electron chi connectivity index (χ4n) is 8.64. The van der Waals surface area contributed by atoms with Gasteiger partial charge in [-0.15, -0.1) is 0 Å². The van der Waals surface area contributed by atoms with Crippen molar-refractivity contribution < 1.29 is 14.0 Å².